The van der Waals surface area contributed by atoms with Crippen molar-refractivity contribution in [2.24, 2.45) is 7.05 Å². The summed E-state index contributed by atoms with van der Waals surface area (Å²) in [6.07, 6.45) is 3.94. The lowest BCUT2D eigenvalue weighted by Gasteiger charge is -2.17. The van der Waals surface area contributed by atoms with Crippen LogP contribution in [0.4, 0.5) is 0 Å². The molecule has 2 heterocycles. The van der Waals surface area contributed by atoms with Gasteiger partial charge in [-0.3, -0.25) is 4.68 Å². The molecular weight excluding hydrogens is 390 g/mol. The number of nitrogens with one attached hydrogen (secondary N) is 1. The Kier molecular flexibility index (Phi) is 5.62. The fourth-order valence-electron chi connectivity index (χ4n) is 2.14. The molecule has 104 valence electrons. The Hall–Kier alpha value is -0.170. The summed E-state index contributed by atoms with van der Waals surface area (Å²) < 4.78 is 4.31. The molecule has 2 aromatic heterocycles. The maximum Gasteiger partial charge on any atom is 0.0758 e. The van der Waals surface area contributed by atoms with E-state index in [4.69, 9.17) is 0 Å². The molecule has 1 N–H and O–H groups in total. The van der Waals surface area contributed by atoms with E-state index >= 15 is 0 Å². The Morgan fingerprint density at radius 1 is 1.47 bits per heavy atom. The molecule has 3 nitrogen and oxygen atoms in total. The summed E-state index contributed by atoms with van der Waals surface area (Å²) in [5, 5.41) is 7.78. The van der Waals surface area contributed by atoms with Crippen LogP contribution in [0.15, 0.2) is 25.9 Å². The van der Waals surface area contributed by atoms with Gasteiger partial charge in [-0.05, 0) is 68.9 Å². The Bertz CT molecular complexity index is 536. The first-order valence-corrected chi connectivity index (χ1v) is 8.67. The zero-order valence-corrected chi connectivity index (χ0v) is 15.0. The van der Waals surface area contributed by atoms with Gasteiger partial charge in [0.15, 0.2) is 0 Å². The third-order valence-corrected chi connectivity index (χ3v) is 5.51. The minimum Gasteiger partial charge on any atom is -0.310 e. The third-order valence-electron chi connectivity index (χ3n) is 3.12. The van der Waals surface area contributed by atoms with Gasteiger partial charge in [-0.15, -0.1) is 11.3 Å². The van der Waals surface area contributed by atoms with E-state index in [1.807, 2.05) is 17.9 Å². The molecule has 1 atom stereocenters. The van der Waals surface area contributed by atoms with Crippen LogP contribution in [-0.4, -0.2) is 16.3 Å². The quantitative estimate of drug-likeness (QED) is 0.775. The SMILES string of the molecule is CCNC(CCc1ccnn1C)c1cc(Br)sc1Br. The van der Waals surface area contributed by atoms with Gasteiger partial charge in [0, 0.05) is 25.0 Å². The van der Waals surface area contributed by atoms with Crippen LogP contribution in [0.25, 0.3) is 0 Å². The number of halogens is 2. The molecule has 2 rings (SSSR count). The van der Waals surface area contributed by atoms with E-state index < -0.39 is 0 Å². The average molecular weight is 407 g/mol. The van der Waals surface area contributed by atoms with E-state index in [1.54, 1.807) is 11.3 Å². The molecule has 0 saturated heterocycles. The van der Waals surface area contributed by atoms with E-state index in [2.05, 4.69) is 61.3 Å². The van der Waals surface area contributed by atoms with Crippen LogP contribution in [0.5, 0.6) is 0 Å². The van der Waals surface area contributed by atoms with Gasteiger partial charge in [-0.2, -0.15) is 5.10 Å². The summed E-state index contributed by atoms with van der Waals surface area (Å²) in [5.41, 5.74) is 2.61. The van der Waals surface area contributed by atoms with Gasteiger partial charge in [0.1, 0.15) is 0 Å². The van der Waals surface area contributed by atoms with Crippen LogP contribution >= 0.6 is 43.2 Å². The number of rotatable bonds is 6. The lowest BCUT2D eigenvalue weighted by atomic mass is 10.0. The Morgan fingerprint density at radius 2 is 2.26 bits per heavy atom. The second-order valence-electron chi connectivity index (χ2n) is 4.37. The van der Waals surface area contributed by atoms with Crippen molar-refractivity contribution in [3.05, 3.63) is 37.2 Å². The van der Waals surface area contributed by atoms with Gasteiger partial charge in [0.05, 0.1) is 7.57 Å². The molecule has 0 bridgehead atoms. The summed E-state index contributed by atoms with van der Waals surface area (Å²) >= 11 is 8.93. The van der Waals surface area contributed by atoms with Gasteiger partial charge in [0.2, 0.25) is 0 Å². The molecule has 2 aromatic rings. The Balaban J connectivity index is 2.08. The first kappa shape index (κ1) is 15.2. The maximum absolute atomic E-state index is 4.22. The van der Waals surface area contributed by atoms with E-state index in [-0.39, 0.29) is 0 Å². The fraction of sp³-hybridized carbons (Fsp3) is 0.462. The van der Waals surface area contributed by atoms with Gasteiger partial charge in [0.25, 0.3) is 0 Å². The van der Waals surface area contributed by atoms with Crippen molar-refractivity contribution < 1.29 is 0 Å². The Labute approximate surface area is 134 Å². The number of hydrogen-bond donors (Lipinski definition) is 1. The van der Waals surface area contributed by atoms with Crippen molar-refractivity contribution >= 4 is 43.2 Å². The van der Waals surface area contributed by atoms with E-state index in [0.717, 1.165) is 23.2 Å². The highest BCUT2D eigenvalue weighted by Crippen LogP contribution is 2.36. The van der Waals surface area contributed by atoms with Crippen LogP contribution in [-0.2, 0) is 13.5 Å². The number of nitrogens with zero attached hydrogens (tertiary/aromatic N) is 2. The zero-order valence-electron chi connectivity index (χ0n) is 11.0. The lowest BCUT2D eigenvalue weighted by molar-refractivity contribution is 0.506. The summed E-state index contributed by atoms with van der Waals surface area (Å²) in [4.78, 5) is 0. The molecule has 0 aliphatic carbocycles. The highest BCUT2D eigenvalue weighted by molar-refractivity contribution is 9.12. The van der Waals surface area contributed by atoms with E-state index in [9.17, 15) is 0 Å². The summed E-state index contributed by atoms with van der Waals surface area (Å²) in [7, 11) is 1.99. The van der Waals surface area contributed by atoms with Crippen LogP contribution < -0.4 is 5.32 Å². The summed E-state index contributed by atoms with van der Waals surface area (Å²) in [6.45, 7) is 3.11. The molecule has 0 aromatic carbocycles. The molecule has 6 heteroatoms. The molecule has 1 unspecified atom stereocenters. The topological polar surface area (TPSA) is 29.9 Å². The normalized spacial score (nSPS) is 12.8. The minimum absolute atomic E-state index is 0.372. The lowest BCUT2D eigenvalue weighted by Crippen LogP contribution is -2.21. The van der Waals surface area contributed by atoms with Gasteiger partial charge in [-0.1, -0.05) is 6.92 Å². The van der Waals surface area contributed by atoms with Gasteiger partial charge < -0.3 is 5.32 Å². The number of hydrogen-bond acceptors (Lipinski definition) is 3. The molecule has 0 fully saturated rings. The maximum atomic E-state index is 4.22. The largest absolute Gasteiger partial charge is 0.310 e. The van der Waals surface area contributed by atoms with Crippen LogP contribution in [0.2, 0.25) is 0 Å². The molecule has 0 spiro atoms. The summed E-state index contributed by atoms with van der Waals surface area (Å²) in [5.74, 6) is 0. The zero-order chi connectivity index (χ0) is 13.8. The van der Waals surface area contributed by atoms with Gasteiger partial charge in [-0.25, -0.2) is 0 Å². The average Bonchev–Trinajstić information content (AvgIpc) is 2.91. The van der Waals surface area contributed by atoms with E-state index in [1.165, 1.54) is 15.0 Å². The second-order valence-corrected chi connectivity index (χ2v) is 8.12. The molecule has 0 radical (unpaired) electrons. The number of thiophene rings is 1. The van der Waals surface area contributed by atoms with Crippen molar-refractivity contribution in [3.8, 4) is 0 Å². The molecular formula is C13H17Br2N3S. The van der Waals surface area contributed by atoms with Crippen LogP contribution in [0, 0.1) is 0 Å². The molecule has 0 aliphatic heterocycles. The van der Waals surface area contributed by atoms with Crippen molar-refractivity contribution in [2.45, 2.75) is 25.8 Å². The van der Waals surface area contributed by atoms with Crippen molar-refractivity contribution in [3.63, 3.8) is 0 Å². The van der Waals surface area contributed by atoms with Crippen LogP contribution in [0.3, 0.4) is 0 Å². The molecule has 19 heavy (non-hydrogen) atoms. The molecule has 0 aliphatic rings. The predicted octanol–water partition coefficient (Wildman–Crippen LogP) is 4.29. The monoisotopic (exact) mass is 405 g/mol. The van der Waals surface area contributed by atoms with Crippen molar-refractivity contribution in [1.29, 1.82) is 0 Å². The fourth-order valence-corrected chi connectivity index (χ4v) is 5.12. The van der Waals surface area contributed by atoms with Gasteiger partial charge >= 0.3 is 0 Å². The summed E-state index contributed by atoms with van der Waals surface area (Å²) in [6, 6.07) is 4.66. The van der Waals surface area contributed by atoms with Crippen LogP contribution in [0.1, 0.15) is 30.6 Å². The standard InChI is InChI=1S/C13H17Br2N3S/c1-3-16-11(10-8-12(14)19-13(10)15)5-4-9-6-7-17-18(9)2/h6-8,11,16H,3-5H2,1-2H3. The second kappa shape index (κ2) is 7.02. The Morgan fingerprint density at radius 3 is 2.79 bits per heavy atom. The molecule has 0 saturated carbocycles. The van der Waals surface area contributed by atoms with Crippen molar-refractivity contribution in [1.82, 2.24) is 15.1 Å². The first-order valence-electron chi connectivity index (χ1n) is 6.26. The van der Waals surface area contributed by atoms with E-state index in [0.29, 0.717) is 6.04 Å². The molecule has 0 amide bonds. The highest BCUT2D eigenvalue weighted by Gasteiger charge is 2.16. The smallest absolute Gasteiger partial charge is 0.0758 e. The number of aromatic nitrogens is 2. The number of aryl methyl sites for hydroxylation is 2. The third kappa shape index (κ3) is 3.90. The first-order chi connectivity index (χ1) is 9.11. The predicted molar refractivity (Wildman–Crippen MR) is 87.7 cm³/mol. The van der Waals surface area contributed by atoms with Crippen molar-refractivity contribution in [2.75, 3.05) is 6.54 Å². The minimum atomic E-state index is 0.372. The highest BCUT2D eigenvalue weighted by atomic mass is 79.9.